The Bertz CT molecular complexity index is 652. The fourth-order valence-corrected chi connectivity index (χ4v) is 3.13. The number of fused-ring (bicyclic) bond motifs is 1. The molecule has 1 saturated carbocycles. The number of rotatable bonds is 3. The van der Waals surface area contributed by atoms with E-state index in [1.807, 2.05) is 19.1 Å². The van der Waals surface area contributed by atoms with Gasteiger partial charge in [-0.25, -0.2) is 0 Å². The van der Waals surface area contributed by atoms with Gasteiger partial charge in [0.25, 0.3) is 0 Å². The fourth-order valence-electron chi connectivity index (χ4n) is 3.13. The van der Waals surface area contributed by atoms with Crippen molar-refractivity contribution in [2.24, 2.45) is 5.92 Å². The normalized spacial score (nSPS) is 23.1. The van der Waals surface area contributed by atoms with Crippen molar-refractivity contribution < 1.29 is 9.90 Å². The number of carbonyl (C=O) groups excluding carboxylic acids is 1. The van der Waals surface area contributed by atoms with Gasteiger partial charge in [-0.3, -0.25) is 4.79 Å². The Balaban J connectivity index is 1.74. The second-order valence-electron chi connectivity index (χ2n) is 5.94. The van der Waals surface area contributed by atoms with E-state index in [4.69, 9.17) is 0 Å². The molecule has 0 heterocycles. The Hall–Kier alpha value is -1.87. The number of benzene rings is 2. The summed E-state index contributed by atoms with van der Waals surface area (Å²) in [6.07, 6.45) is 1.98. The largest absolute Gasteiger partial charge is 0.392 e. The Kier molecular flexibility index (Phi) is 3.93. The molecule has 21 heavy (non-hydrogen) atoms. The van der Waals surface area contributed by atoms with E-state index < -0.39 is 6.10 Å². The molecule has 2 aromatic rings. The van der Waals surface area contributed by atoms with Crippen molar-refractivity contribution in [1.29, 1.82) is 0 Å². The number of hydrogen-bond acceptors (Lipinski definition) is 2. The molecule has 2 aromatic carbocycles. The van der Waals surface area contributed by atoms with Crippen LogP contribution in [0.4, 0.5) is 0 Å². The third-order valence-corrected chi connectivity index (χ3v) is 4.45. The maximum absolute atomic E-state index is 12.2. The van der Waals surface area contributed by atoms with Gasteiger partial charge < -0.3 is 10.4 Å². The van der Waals surface area contributed by atoms with E-state index in [9.17, 15) is 9.90 Å². The molecule has 0 saturated heterocycles. The van der Waals surface area contributed by atoms with Crippen LogP contribution in [-0.2, 0) is 4.79 Å². The lowest BCUT2D eigenvalue weighted by Crippen LogP contribution is -2.36. The van der Waals surface area contributed by atoms with Crippen molar-refractivity contribution in [2.45, 2.75) is 38.3 Å². The molecule has 1 aliphatic rings. The van der Waals surface area contributed by atoms with Crippen LogP contribution in [0.25, 0.3) is 10.8 Å². The number of amides is 1. The van der Waals surface area contributed by atoms with Gasteiger partial charge in [0, 0.05) is 0 Å². The first kappa shape index (κ1) is 14.1. The van der Waals surface area contributed by atoms with Crippen LogP contribution in [0.15, 0.2) is 42.5 Å². The van der Waals surface area contributed by atoms with Crippen LogP contribution in [0.5, 0.6) is 0 Å². The molecule has 1 aliphatic carbocycles. The minimum absolute atomic E-state index is 0.0272. The monoisotopic (exact) mass is 283 g/mol. The molecule has 1 amide bonds. The average Bonchev–Trinajstić information content (AvgIpc) is 2.93. The van der Waals surface area contributed by atoms with Gasteiger partial charge in [-0.1, -0.05) is 36.4 Å². The number of aliphatic hydroxyl groups is 1. The highest BCUT2D eigenvalue weighted by Gasteiger charge is 2.31. The van der Waals surface area contributed by atoms with E-state index in [0.717, 1.165) is 24.8 Å². The molecule has 0 bridgehead atoms. The number of aliphatic hydroxyl groups excluding tert-OH is 1. The Labute approximate surface area is 125 Å². The Morgan fingerprint density at radius 2 is 1.95 bits per heavy atom. The van der Waals surface area contributed by atoms with Gasteiger partial charge in [0.1, 0.15) is 0 Å². The van der Waals surface area contributed by atoms with Crippen LogP contribution in [0.3, 0.4) is 0 Å². The molecule has 0 spiro atoms. The smallest absolute Gasteiger partial charge is 0.226 e. The third-order valence-electron chi connectivity index (χ3n) is 4.45. The summed E-state index contributed by atoms with van der Waals surface area (Å²) in [7, 11) is 0. The van der Waals surface area contributed by atoms with Crippen LogP contribution in [0.1, 0.15) is 37.8 Å². The molecule has 1 fully saturated rings. The zero-order valence-corrected chi connectivity index (χ0v) is 12.3. The van der Waals surface area contributed by atoms with Crippen molar-refractivity contribution in [2.75, 3.05) is 0 Å². The quantitative estimate of drug-likeness (QED) is 0.909. The molecule has 3 nitrogen and oxygen atoms in total. The number of nitrogens with one attached hydrogen (secondary N) is 1. The molecule has 0 aromatic heterocycles. The van der Waals surface area contributed by atoms with Crippen molar-refractivity contribution in [3.8, 4) is 0 Å². The summed E-state index contributed by atoms with van der Waals surface area (Å²) < 4.78 is 0. The molecule has 0 aliphatic heterocycles. The predicted octanol–water partition coefficient (Wildman–Crippen LogP) is 3.18. The summed E-state index contributed by atoms with van der Waals surface area (Å²) in [4.78, 5) is 12.2. The van der Waals surface area contributed by atoms with Crippen molar-refractivity contribution in [3.05, 3.63) is 48.0 Å². The first-order valence-corrected chi connectivity index (χ1v) is 7.62. The molecule has 3 atom stereocenters. The third kappa shape index (κ3) is 2.93. The van der Waals surface area contributed by atoms with Crippen molar-refractivity contribution >= 4 is 16.7 Å². The van der Waals surface area contributed by atoms with Gasteiger partial charge in [0.2, 0.25) is 5.91 Å². The minimum Gasteiger partial charge on any atom is -0.392 e. The molecular weight excluding hydrogens is 262 g/mol. The van der Waals surface area contributed by atoms with Crippen LogP contribution < -0.4 is 5.32 Å². The van der Waals surface area contributed by atoms with Gasteiger partial charge in [0.15, 0.2) is 0 Å². The lowest BCUT2D eigenvalue weighted by Gasteiger charge is -2.19. The zero-order valence-electron chi connectivity index (χ0n) is 12.3. The van der Waals surface area contributed by atoms with Crippen LogP contribution >= 0.6 is 0 Å². The lowest BCUT2D eigenvalue weighted by molar-refractivity contribution is -0.128. The van der Waals surface area contributed by atoms with E-state index in [1.54, 1.807) is 0 Å². The first-order valence-electron chi connectivity index (χ1n) is 7.62. The highest BCUT2D eigenvalue weighted by molar-refractivity contribution is 5.84. The van der Waals surface area contributed by atoms with E-state index in [0.29, 0.717) is 0 Å². The highest BCUT2D eigenvalue weighted by Crippen LogP contribution is 2.27. The Morgan fingerprint density at radius 3 is 2.67 bits per heavy atom. The number of hydrogen-bond donors (Lipinski definition) is 2. The minimum atomic E-state index is -0.478. The van der Waals surface area contributed by atoms with Gasteiger partial charge in [-0.2, -0.15) is 0 Å². The molecular formula is C18H21NO2. The molecule has 3 rings (SSSR count). The topological polar surface area (TPSA) is 49.3 Å². The van der Waals surface area contributed by atoms with Crippen LogP contribution in [-0.4, -0.2) is 17.1 Å². The van der Waals surface area contributed by atoms with Crippen molar-refractivity contribution in [1.82, 2.24) is 5.32 Å². The van der Waals surface area contributed by atoms with E-state index >= 15 is 0 Å². The van der Waals surface area contributed by atoms with Crippen LogP contribution in [0.2, 0.25) is 0 Å². The predicted molar refractivity (Wildman–Crippen MR) is 83.9 cm³/mol. The zero-order chi connectivity index (χ0) is 14.8. The lowest BCUT2D eigenvalue weighted by atomic mass is 10.0. The second kappa shape index (κ2) is 5.86. The summed E-state index contributed by atoms with van der Waals surface area (Å²) in [6, 6.07) is 14.4. The first-order chi connectivity index (χ1) is 10.1. The Morgan fingerprint density at radius 1 is 1.19 bits per heavy atom. The highest BCUT2D eigenvalue weighted by atomic mass is 16.3. The standard InChI is InChI=1S/C18H21NO2/c1-12(19-18(21)16-7-4-8-17(16)20)14-10-9-13-5-2-3-6-15(13)11-14/h2-3,5-6,9-12,16-17,20H,4,7-8H2,1H3,(H,19,21). The second-order valence-corrected chi connectivity index (χ2v) is 5.94. The fraction of sp³-hybridized carbons (Fsp3) is 0.389. The summed E-state index contributed by atoms with van der Waals surface area (Å²) in [5, 5.41) is 15.2. The van der Waals surface area contributed by atoms with E-state index in [1.165, 1.54) is 10.8 Å². The summed E-state index contributed by atoms with van der Waals surface area (Å²) in [6.45, 7) is 1.99. The van der Waals surface area contributed by atoms with Crippen molar-refractivity contribution in [3.63, 3.8) is 0 Å². The van der Waals surface area contributed by atoms with Gasteiger partial charge >= 0.3 is 0 Å². The van der Waals surface area contributed by atoms with Crippen LogP contribution in [0, 0.1) is 5.92 Å². The van der Waals surface area contributed by atoms with E-state index in [2.05, 4.69) is 35.6 Å². The van der Waals surface area contributed by atoms with E-state index in [-0.39, 0.29) is 17.9 Å². The SMILES string of the molecule is CC(NC(=O)C1CCCC1O)c1ccc2ccccc2c1. The summed E-state index contributed by atoms with van der Waals surface area (Å²) in [5.41, 5.74) is 1.09. The van der Waals surface area contributed by atoms with Gasteiger partial charge in [-0.05, 0) is 48.6 Å². The molecule has 2 N–H and O–H groups in total. The van der Waals surface area contributed by atoms with Gasteiger partial charge in [-0.15, -0.1) is 0 Å². The summed E-state index contributed by atoms with van der Waals surface area (Å²) in [5.74, 6) is -0.270. The van der Waals surface area contributed by atoms with Gasteiger partial charge in [0.05, 0.1) is 18.1 Å². The molecule has 110 valence electrons. The molecule has 0 radical (unpaired) electrons. The maximum atomic E-state index is 12.2. The molecule has 3 heteroatoms. The maximum Gasteiger partial charge on any atom is 0.226 e. The average molecular weight is 283 g/mol. The summed E-state index contributed by atoms with van der Waals surface area (Å²) >= 11 is 0. The number of carbonyl (C=O) groups is 1. The molecule has 3 unspecified atom stereocenters.